The van der Waals surface area contributed by atoms with Crippen molar-refractivity contribution in [2.24, 2.45) is 5.14 Å². The lowest BCUT2D eigenvalue weighted by molar-refractivity contribution is 0.0695. The van der Waals surface area contributed by atoms with Gasteiger partial charge in [0, 0.05) is 5.56 Å². The number of aromatic carboxylic acids is 1. The van der Waals surface area contributed by atoms with Gasteiger partial charge in [0.2, 0.25) is 10.0 Å². The Morgan fingerprint density at radius 1 is 1.12 bits per heavy atom. The zero-order valence-corrected chi connectivity index (χ0v) is 15.0. The van der Waals surface area contributed by atoms with Gasteiger partial charge in [-0.1, -0.05) is 43.7 Å². The van der Waals surface area contributed by atoms with Crippen molar-refractivity contribution < 1.29 is 27.9 Å². The van der Waals surface area contributed by atoms with Crippen LogP contribution in [0.25, 0.3) is 0 Å². The van der Waals surface area contributed by atoms with E-state index in [0.717, 1.165) is 18.6 Å². The van der Waals surface area contributed by atoms with Gasteiger partial charge in [0.1, 0.15) is 5.75 Å². The van der Waals surface area contributed by atoms with Gasteiger partial charge in [-0.15, -0.1) is 0 Å². The van der Waals surface area contributed by atoms with Crippen molar-refractivity contribution in [1.29, 1.82) is 0 Å². The highest BCUT2D eigenvalue weighted by molar-refractivity contribution is 7.89. The maximum absolute atomic E-state index is 12.9. The molecule has 7 nitrogen and oxygen atoms in total. The molecule has 0 aromatic heterocycles. The molecular weight excluding hydrogens is 358 g/mol. The fourth-order valence-corrected chi connectivity index (χ4v) is 3.10. The van der Waals surface area contributed by atoms with Gasteiger partial charge >= 0.3 is 5.97 Å². The molecule has 0 aliphatic rings. The lowest BCUT2D eigenvalue weighted by Crippen LogP contribution is -2.20. The summed E-state index contributed by atoms with van der Waals surface area (Å²) >= 11 is 0. The zero-order valence-electron chi connectivity index (χ0n) is 14.1. The van der Waals surface area contributed by atoms with Crippen LogP contribution in [0.1, 0.15) is 46.0 Å². The van der Waals surface area contributed by atoms with Gasteiger partial charge in [-0.25, -0.2) is 18.4 Å². The van der Waals surface area contributed by atoms with E-state index in [-0.39, 0.29) is 29.0 Å². The number of carboxylic acids is 1. The van der Waals surface area contributed by atoms with E-state index in [1.807, 2.05) is 6.92 Å². The SMILES string of the molecule is CCCCOc1cc(C(=O)O)cc(S(N)(=O)=O)c1C(=O)c1ccccc1. The number of hydrogen-bond donors (Lipinski definition) is 2. The van der Waals surface area contributed by atoms with Crippen molar-refractivity contribution in [1.82, 2.24) is 0 Å². The third-order valence-electron chi connectivity index (χ3n) is 3.64. The lowest BCUT2D eigenvalue weighted by atomic mass is 10.0. The second-order valence-corrected chi connectivity index (χ2v) is 7.12. The fraction of sp³-hybridized carbons (Fsp3) is 0.222. The number of nitrogens with two attached hydrogens (primary N) is 1. The van der Waals surface area contributed by atoms with Gasteiger partial charge < -0.3 is 9.84 Å². The summed E-state index contributed by atoms with van der Waals surface area (Å²) < 4.78 is 29.6. The molecule has 0 saturated carbocycles. The number of carbonyl (C=O) groups excluding carboxylic acids is 1. The van der Waals surface area contributed by atoms with E-state index in [1.165, 1.54) is 12.1 Å². The number of ether oxygens (including phenoxy) is 1. The van der Waals surface area contributed by atoms with Gasteiger partial charge in [-0.05, 0) is 18.6 Å². The van der Waals surface area contributed by atoms with Crippen molar-refractivity contribution in [3.63, 3.8) is 0 Å². The third-order valence-corrected chi connectivity index (χ3v) is 4.57. The number of primary sulfonamides is 1. The Morgan fingerprint density at radius 3 is 2.31 bits per heavy atom. The standard InChI is InChI=1S/C18H19NO6S/c1-2-3-9-25-14-10-13(18(21)22)11-15(26(19,23)24)16(14)17(20)12-7-5-4-6-8-12/h4-8,10-11H,2-3,9H2,1H3,(H,21,22)(H2,19,23,24). The summed E-state index contributed by atoms with van der Waals surface area (Å²) in [5.74, 6) is -2.08. The summed E-state index contributed by atoms with van der Waals surface area (Å²) in [5, 5.41) is 14.5. The molecule has 8 heteroatoms. The normalized spacial score (nSPS) is 11.2. The maximum Gasteiger partial charge on any atom is 0.335 e. The van der Waals surface area contributed by atoms with Gasteiger partial charge in [-0.3, -0.25) is 4.79 Å². The first kappa shape index (κ1) is 19.6. The molecule has 0 amide bonds. The predicted octanol–water partition coefficient (Wildman–Crippen LogP) is 2.44. The first-order valence-corrected chi connectivity index (χ1v) is 9.47. The molecule has 2 aromatic rings. The molecular formula is C18H19NO6S. The van der Waals surface area contributed by atoms with E-state index in [4.69, 9.17) is 9.88 Å². The van der Waals surface area contributed by atoms with Gasteiger partial charge in [0.05, 0.1) is 22.6 Å². The Kier molecular flexibility index (Phi) is 6.12. The molecule has 0 bridgehead atoms. The minimum Gasteiger partial charge on any atom is -0.493 e. The van der Waals surface area contributed by atoms with Crippen LogP contribution in [0.3, 0.4) is 0 Å². The van der Waals surface area contributed by atoms with Crippen molar-refractivity contribution in [3.8, 4) is 5.75 Å². The van der Waals surface area contributed by atoms with Crippen molar-refractivity contribution in [2.45, 2.75) is 24.7 Å². The Hall–Kier alpha value is -2.71. The number of sulfonamides is 1. The number of rotatable bonds is 8. The van der Waals surface area contributed by atoms with Crippen LogP contribution < -0.4 is 9.88 Å². The Labute approximate surface area is 151 Å². The number of carbonyl (C=O) groups is 2. The van der Waals surface area contributed by atoms with Crippen LogP contribution in [0.5, 0.6) is 5.75 Å². The molecule has 0 heterocycles. The number of benzene rings is 2. The van der Waals surface area contributed by atoms with Crippen molar-refractivity contribution in [2.75, 3.05) is 6.61 Å². The summed E-state index contributed by atoms with van der Waals surface area (Å²) in [4.78, 5) is 23.7. The Balaban J connectivity index is 2.72. The topological polar surface area (TPSA) is 124 Å². The lowest BCUT2D eigenvalue weighted by Gasteiger charge is -2.15. The van der Waals surface area contributed by atoms with Gasteiger partial charge in [0.15, 0.2) is 5.78 Å². The van der Waals surface area contributed by atoms with E-state index in [9.17, 15) is 23.1 Å². The van der Waals surface area contributed by atoms with Crippen molar-refractivity contribution in [3.05, 3.63) is 59.2 Å². The van der Waals surface area contributed by atoms with Crippen LogP contribution in [0.4, 0.5) is 0 Å². The van der Waals surface area contributed by atoms with E-state index in [2.05, 4.69) is 0 Å². The first-order valence-electron chi connectivity index (χ1n) is 7.92. The van der Waals surface area contributed by atoms with Crippen LogP contribution >= 0.6 is 0 Å². The Morgan fingerprint density at radius 2 is 1.77 bits per heavy atom. The molecule has 0 unspecified atom stereocenters. The molecule has 26 heavy (non-hydrogen) atoms. The van der Waals surface area contributed by atoms with E-state index < -0.39 is 26.7 Å². The van der Waals surface area contributed by atoms with E-state index in [0.29, 0.717) is 6.42 Å². The number of ketones is 1. The summed E-state index contributed by atoms with van der Waals surface area (Å²) in [5.41, 5.74) is -0.356. The average molecular weight is 377 g/mol. The summed E-state index contributed by atoms with van der Waals surface area (Å²) in [6.07, 6.45) is 1.46. The molecule has 0 radical (unpaired) electrons. The molecule has 3 N–H and O–H groups in total. The highest BCUT2D eigenvalue weighted by Crippen LogP contribution is 2.30. The van der Waals surface area contributed by atoms with Crippen molar-refractivity contribution >= 4 is 21.8 Å². The molecule has 0 fully saturated rings. The highest BCUT2D eigenvalue weighted by atomic mass is 32.2. The molecule has 2 aromatic carbocycles. The van der Waals surface area contributed by atoms with Crippen LogP contribution in [0.15, 0.2) is 47.4 Å². The third kappa shape index (κ3) is 4.47. The minimum atomic E-state index is -4.36. The summed E-state index contributed by atoms with van der Waals surface area (Å²) in [7, 11) is -4.36. The summed E-state index contributed by atoms with van der Waals surface area (Å²) in [6, 6.07) is 10.0. The zero-order chi connectivity index (χ0) is 19.3. The molecule has 0 aliphatic carbocycles. The quantitative estimate of drug-likeness (QED) is 0.538. The van der Waals surface area contributed by atoms with E-state index in [1.54, 1.807) is 18.2 Å². The average Bonchev–Trinajstić information content (AvgIpc) is 2.60. The van der Waals surface area contributed by atoms with Gasteiger partial charge in [-0.2, -0.15) is 0 Å². The molecule has 138 valence electrons. The monoisotopic (exact) mass is 377 g/mol. The van der Waals surface area contributed by atoms with Crippen LogP contribution in [0.2, 0.25) is 0 Å². The Bertz CT molecular complexity index is 922. The van der Waals surface area contributed by atoms with E-state index >= 15 is 0 Å². The molecule has 0 aliphatic heterocycles. The van der Waals surface area contributed by atoms with Crippen LogP contribution in [0, 0.1) is 0 Å². The number of unbranched alkanes of at least 4 members (excludes halogenated alkanes) is 1. The second-order valence-electron chi connectivity index (χ2n) is 5.59. The maximum atomic E-state index is 12.9. The molecule has 2 rings (SSSR count). The predicted molar refractivity (Wildman–Crippen MR) is 95.1 cm³/mol. The second kappa shape index (κ2) is 8.11. The van der Waals surface area contributed by atoms with Crippen LogP contribution in [-0.2, 0) is 10.0 Å². The minimum absolute atomic E-state index is 0.115. The van der Waals surface area contributed by atoms with Crippen LogP contribution in [-0.4, -0.2) is 31.9 Å². The largest absolute Gasteiger partial charge is 0.493 e. The molecule has 0 atom stereocenters. The summed E-state index contributed by atoms with van der Waals surface area (Å²) in [6.45, 7) is 2.14. The number of hydrogen-bond acceptors (Lipinski definition) is 5. The fourth-order valence-electron chi connectivity index (χ4n) is 2.34. The first-order chi connectivity index (χ1) is 12.3. The van der Waals surface area contributed by atoms with Gasteiger partial charge in [0.25, 0.3) is 0 Å². The smallest absolute Gasteiger partial charge is 0.335 e. The molecule has 0 spiro atoms. The highest BCUT2D eigenvalue weighted by Gasteiger charge is 2.27. The number of carboxylic acid groups (broad SMARTS) is 1. The molecule has 0 saturated heterocycles.